The molecule has 13 heavy (non-hydrogen) atoms. The van der Waals surface area contributed by atoms with Crippen LogP contribution in [0.5, 0.6) is 0 Å². The summed E-state index contributed by atoms with van der Waals surface area (Å²) in [7, 11) is 0. The van der Waals surface area contributed by atoms with Gasteiger partial charge in [0.15, 0.2) is 5.82 Å². The largest absolute Gasteiger partial charge is 0.465 e. The highest BCUT2D eigenvalue weighted by Crippen LogP contribution is 1.94. The second-order valence-electron chi connectivity index (χ2n) is 2.28. The minimum absolute atomic E-state index is 0.116. The van der Waals surface area contributed by atoms with E-state index in [-0.39, 0.29) is 19.0 Å². The van der Waals surface area contributed by atoms with Crippen molar-refractivity contribution in [1.29, 1.82) is 0 Å². The number of aliphatic hydroxyl groups is 1. The Hall–Kier alpha value is -1.69. The number of hydrogen-bond donors (Lipinski definition) is 3. The molecule has 0 aliphatic rings. The number of aliphatic hydroxyl groups excluding tert-OH is 1. The van der Waals surface area contributed by atoms with Crippen LogP contribution in [-0.4, -0.2) is 26.3 Å². The van der Waals surface area contributed by atoms with Gasteiger partial charge < -0.3 is 15.5 Å². The van der Waals surface area contributed by atoms with Crippen LogP contribution in [0, 0.1) is 0 Å². The number of aromatic nitrogens is 2. The molecule has 0 radical (unpaired) electrons. The Morgan fingerprint density at radius 1 is 1.62 bits per heavy atom. The fourth-order valence-corrected chi connectivity index (χ4v) is 0.782. The summed E-state index contributed by atoms with van der Waals surface area (Å²) in [4.78, 5) is 17.7. The standard InChI is InChI=1S/C7H9N3O3/c11-4-6-8-2-1-5(10-6)3-9-7(12)13/h1-2,9,11H,3-4H2,(H,12,13). The maximum Gasteiger partial charge on any atom is 0.404 e. The first kappa shape index (κ1) is 9.40. The van der Waals surface area contributed by atoms with Gasteiger partial charge >= 0.3 is 6.09 Å². The van der Waals surface area contributed by atoms with Crippen molar-refractivity contribution in [1.82, 2.24) is 15.3 Å². The van der Waals surface area contributed by atoms with Crippen LogP contribution in [0.25, 0.3) is 0 Å². The molecule has 1 aromatic rings. The maximum atomic E-state index is 10.1. The Morgan fingerprint density at radius 3 is 3.00 bits per heavy atom. The highest BCUT2D eigenvalue weighted by atomic mass is 16.4. The highest BCUT2D eigenvalue weighted by Gasteiger charge is 1.99. The molecule has 0 saturated carbocycles. The average molecular weight is 183 g/mol. The zero-order valence-corrected chi connectivity index (χ0v) is 6.77. The van der Waals surface area contributed by atoms with Crippen molar-refractivity contribution in [2.24, 2.45) is 0 Å². The van der Waals surface area contributed by atoms with E-state index in [1.54, 1.807) is 6.07 Å². The monoisotopic (exact) mass is 183 g/mol. The van der Waals surface area contributed by atoms with Gasteiger partial charge in [0.25, 0.3) is 0 Å². The first-order valence-electron chi connectivity index (χ1n) is 3.61. The molecule has 0 spiro atoms. The zero-order valence-electron chi connectivity index (χ0n) is 6.77. The van der Waals surface area contributed by atoms with E-state index in [1.165, 1.54) is 6.20 Å². The van der Waals surface area contributed by atoms with Crippen LogP contribution in [0.3, 0.4) is 0 Å². The SMILES string of the molecule is O=C(O)NCc1ccnc(CO)n1. The van der Waals surface area contributed by atoms with Crippen molar-refractivity contribution in [3.63, 3.8) is 0 Å². The minimum atomic E-state index is -1.11. The highest BCUT2D eigenvalue weighted by molar-refractivity contribution is 5.64. The lowest BCUT2D eigenvalue weighted by Crippen LogP contribution is -2.20. The second kappa shape index (κ2) is 4.36. The summed E-state index contributed by atoms with van der Waals surface area (Å²) in [5.74, 6) is 0.282. The summed E-state index contributed by atoms with van der Waals surface area (Å²) in [6.45, 7) is -0.133. The van der Waals surface area contributed by atoms with Crippen LogP contribution in [0.2, 0.25) is 0 Å². The molecule has 0 saturated heterocycles. The van der Waals surface area contributed by atoms with Gasteiger partial charge in [-0.05, 0) is 6.07 Å². The lowest BCUT2D eigenvalue weighted by atomic mass is 10.4. The van der Waals surface area contributed by atoms with E-state index >= 15 is 0 Å². The molecule has 1 aromatic heterocycles. The number of rotatable bonds is 3. The third-order valence-corrected chi connectivity index (χ3v) is 1.33. The first-order chi connectivity index (χ1) is 6.22. The van der Waals surface area contributed by atoms with Gasteiger partial charge in [0.2, 0.25) is 0 Å². The van der Waals surface area contributed by atoms with Crippen LogP contribution in [0.1, 0.15) is 11.5 Å². The van der Waals surface area contributed by atoms with E-state index in [0.717, 1.165) is 0 Å². The van der Waals surface area contributed by atoms with Gasteiger partial charge in [-0.15, -0.1) is 0 Å². The fourth-order valence-electron chi connectivity index (χ4n) is 0.782. The molecule has 6 nitrogen and oxygen atoms in total. The van der Waals surface area contributed by atoms with Gasteiger partial charge in [-0.25, -0.2) is 14.8 Å². The number of carbonyl (C=O) groups is 1. The smallest absolute Gasteiger partial charge is 0.404 e. The summed E-state index contributed by atoms with van der Waals surface area (Å²) in [5, 5.41) is 19.1. The Kier molecular flexibility index (Phi) is 3.15. The summed E-state index contributed by atoms with van der Waals surface area (Å²) in [5.41, 5.74) is 0.529. The Morgan fingerprint density at radius 2 is 2.38 bits per heavy atom. The van der Waals surface area contributed by atoms with Crippen LogP contribution in [0.4, 0.5) is 4.79 Å². The van der Waals surface area contributed by atoms with Gasteiger partial charge in [0.1, 0.15) is 6.61 Å². The van der Waals surface area contributed by atoms with Crippen LogP contribution < -0.4 is 5.32 Å². The topological polar surface area (TPSA) is 95.3 Å². The third kappa shape index (κ3) is 3.04. The average Bonchev–Trinajstić information content (AvgIpc) is 2.15. The van der Waals surface area contributed by atoms with E-state index in [2.05, 4.69) is 15.3 Å². The van der Waals surface area contributed by atoms with Gasteiger partial charge in [-0.1, -0.05) is 0 Å². The molecule has 1 amide bonds. The Labute approximate surface area is 74.3 Å². The first-order valence-corrected chi connectivity index (χ1v) is 3.61. The van der Waals surface area contributed by atoms with E-state index in [1.807, 2.05) is 0 Å². The Balaban J connectivity index is 2.61. The Bertz CT molecular complexity index is 303. The maximum absolute atomic E-state index is 10.1. The number of nitrogens with zero attached hydrogens (tertiary/aromatic N) is 2. The summed E-state index contributed by atoms with van der Waals surface area (Å²) in [6, 6.07) is 1.58. The van der Waals surface area contributed by atoms with Gasteiger partial charge in [0, 0.05) is 6.20 Å². The molecule has 0 bridgehead atoms. The predicted octanol–water partition coefficient (Wildman–Crippen LogP) is -0.264. The predicted molar refractivity (Wildman–Crippen MR) is 42.8 cm³/mol. The molecule has 70 valence electrons. The second-order valence-corrected chi connectivity index (χ2v) is 2.28. The van der Waals surface area contributed by atoms with Crippen LogP contribution >= 0.6 is 0 Å². The van der Waals surface area contributed by atoms with E-state index in [0.29, 0.717) is 5.69 Å². The molecule has 6 heteroatoms. The quantitative estimate of drug-likeness (QED) is 0.599. The van der Waals surface area contributed by atoms with Crippen molar-refractivity contribution >= 4 is 6.09 Å². The van der Waals surface area contributed by atoms with Crippen molar-refractivity contribution in [3.05, 3.63) is 23.8 Å². The molecule has 0 aromatic carbocycles. The van der Waals surface area contributed by atoms with Crippen LogP contribution in [-0.2, 0) is 13.2 Å². The molecular weight excluding hydrogens is 174 g/mol. The number of carboxylic acid groups (broad SMARTS) is 1. The van der Waals surface area contributed by atoms with E-state index in [4.69, 9.17) is 10.2 Å². The van der Waals surface area contributed by atoms with E-state index < -0.39 is 6.09 Å². The number of hydrogen-bond acceptors (Lipinski definition) is 4. The van der Waals surface area contributed by atoms with E-state index in [9.17, 15) is 4.79 Å². The van der Waals surface area contributed by atoms with Gasteiger partial charge in [-0.3, -0.25) is 0 Å². The molecular formula is C7H9N3O3. The number of amides is 1. The molecule has 0 aliphatic carbocycles. The minimum Gasteiger partial charge on any atom is -0.465 e. The lowest BCUT2D eigenvalue weighted by molar-refractivity contribution is 0.193. The summed E-state index contributed by atoms with van der Waals surface area (Å²) < 4.78 is 0. The lowest BCUT2D eigenvalue weighted by Gasteiger charge is -2.01. The fraction of sp³-hybridized carbons (Fsp3) is 0.286. The normalized spacial score (nSPS) is 9.62. The molecule has 0 atom stereocenters. The number of nitrogens with one attached hydrogen (secondary N) is 1. The molecule has 1 heterocycles. The molecule has 0 fully saturated rings. The van der Waals surface area contributed by atoms with Crippen LogP contribution in [0.15, 0.2) is 12.3 Å². The molecule has 0 aliphatic heterocycles. The van der Waals surface area contributed by atoms with Gasteiger partial charge in [0.05, 0.1) is 12.2 Å². The van der Waals surface area contributed by atoms with Gasteiger partial charge in [-0.2, -0.15) is 0 Å². The zero-order chi connectivity index (χ0) is 9.68. The van der Waals surface area contributed by atoms with Crippen molar-refractivity contribution < 1.29 is 15.0 Å². The third-order valence-electron chi connectivity index (χ3n) is 1.33. The molecule has 1 rings (SSSR count). The van der Waals surface area contributed by atoms with Crippen molar-refractivity contribution in [2.45, 2.75) is 13.2 Å². The van der Waals surface area contributed by atoms with Crippen molar-refractivity contribution in [3.8, 4) is 0 Å². The summed E-state index contributed by atoms with van der Waals surface area (Å²) >= 11 is 0. The summed E-state index contributed by atoms with van der Waals surface area (Å²) in [6.07, 6.45) is 0.362. The molecule has 0 unspecified atom stereocenters. The molecule has 3 N–H and O–H groups in total. The van der Waals surface area contributed by atoms with Crippen molar-refractivity contribution in [2.75, 3.05) is 0 Å².